The van der Waals surface area contributed by atoms with E-state index in [9.17, 15) is 9.50 Å². The van der Waals surface area contributed by atoms with Gasteiger partial charge in [-0.25, -0.2) is 13.8 Å². The number of hydrogen-bond acceptors (Lipinski definition) is 8. The number of phenols is 1. The number of pyridine rings is 1. The molecule has 2 aromatic carbocycles. The number of aromatic hydroxyl groups is 1. The summed E-state index contributed by atoms with van der Waals surface area (Å²) in [5.74, 6) is 3.31. The van der Waals surface area contributed by atoms with Gasteiger partial charge in [-0.1, -0.05) is 18.9 Å². The SMILES string of the molecule is C#Cc1c(F)ccc2cc(O)cc(-c3nc(CC)c4c(N5CCNCC5)nc(OCC5(CN6CC7CC(C7)C6)CC5)nc4c3F)c12. The third-order valence-corrected chi connectivity index (χ3v) is 10.4. The summed E-state index contributed by atoms with van der Waals surface area (Å²) in [4.78, 5) is 19.1. The average molecular weight is 625 g/mol. The second-order valence-electron chi connectivity index (χ2n) is 13.7. The molecule has 2 N–H and O–H groups in total. The highest BCUT2D eigenvalue weighted by Gasteiger charge is 2.47. The molecule has 2 aliphatic carbocycles. The van der Waals surface area contributed by atoms with Crippen molar-refractivity contribution in [2.24, 2.45) is 17.3 Å². The van der Waals surface area contributed by atoms with Crippen LogP contribution in [0.3, 0.4) is 0 Å². The predicted octanol–water partition coefficient (Wildman–Crippen LogP) is 5.28. The monoisotopic (exact) mass is 624 g/mol. The van der Waals surface area contributed by atoms with E-state index in [0.717, 1.165) is 44.3 Å². The Morgan fingerprint density at radius 1 is 1.07 bits per heavy atom. The minimum absolute atomic E-state index is 0.0131. The molecule has 9 rings (SSSR count). The molecule has 2 aromatic heterocycles. The molecule has 5 aliphatic rings. The molecule has 0 spiro atoms. The number of halogens is 2. The van der Waals surface area contributed by atoms with Crippen LogP contribution >= 0.6 is 0 Å². The van der Waals surface area contributed by atoms with E-state index in [0.29, 0.717) is 53.8 Å². The van der Waals surface area contributed by atoms with E-state index in [2.05, 4.69) is 21.0 Å². The van der Waals surface area contributed by atoms with Crippen molar-refractivity contribution in [1.29, 1.82) is 0 Å². The van der Waals surface area contributed by atoms with E-state index in [4.69, 9.17) is 26.1 Å². The number of benzene rings is 2. The Morgan fingerprint density at radius 2 is 1.83 bits per heavy atom. The lowest BCUT2D eigenvalue weighted by Crippen LogP contribution is -2.50. The Balaban J connectivity index is 1.24. The summed E-state index contributed by atoms with van der Waals surface area (Å²) in [6.07, 6.45) is 11.1. The van der Waals surface area contributed by atoms with Crippen LogP contribution in [0.1, 0.15) is 43.9 Å². The molecule has 46 heavy (non-hydrogen) atoms. The summed E-state index contributed by atoms with van der Waals surface area (Å²) in [5, 5.41) is 15.3. The van der Waals surface area contributed by atoms with Crippen LogP contribution in [0.5, 0.6) is 11.8 Å². The number of nitrogens with zero attached hydrogens (tertiary/aromatic N) is 5. The number of ether oxygens (including phenoxy) is 1. The number of piperidine rings is 2. The van der Waals surface area contributed by atoms with Gasteiger partial charge in [-0.3, -0.25) is 0 Å². The van der Waals surface area contributed by atoms with Crippen molar-refractivity contribution in [3.63, 3.8) is 0 Å². The summed E-state index contributed by atoms with van der Waals surface area (Å²) in [5.41, 5.74) is 0.911. The standard InChI is InChI=1S/C36H38F2N6O2/c1-3-25-27(37)6-5-23-15-24(45)16-26(29(23)25)32-31(38)33-30(28(4-2)40-32)34(44-11-9-39-10-12-44)42-35(41-33)46-20-36(7-8-36)19-43-17-21-13-22(14-21)18-43/h1,5-6,15-16,21-22,39,45H,4,7-14,17-20H2,2H3. The van der Waals surface area contributed by atoms with Gasteiger partial charge in [-0.15, -0.1) is 6.42 Å². The average Bonchev–Trinajstić information content (AvgIpc) is 3.82. The first-order chi connectivity index (χ1) is 22.3. The van der Waals surface area contributed by atoms with Crippen LogP contribution in [0.2, 0.25) is 0 Å². The van der Waals surface area contributed by atoms with Gasteiger partial charge in [-0.05, 0) is 67.5 Å². The van der Waals surface area contributed by atoms with Crippen LogP contribution in [0.15, 0.2) is 24.3 Å². The Labute approximate surface area is 267 Å². The highest BCUT2D eigenvalue weighted by atomic mass is 19.1. The van der Waals surface area contributed by atoms with Crippen molar-refractivity contribution < 1.29 is 18.6 Å². The van der Waals surface area contributed by atoms with E-state index in [-0.39, 0.29) is 39.5 Å². The zero-order valence-electron chi connectivity index (χ0n) is 26.1. The van der Waals surface area contributed by atoms with Gasteiger partial charge in [0, 0.05) is 62.2 Å². The number of fused-ring (bicyclic) bond motifs is 4. The molecule has 3 saturated heterocycles. The smallest absolute Gasteiger partial charge is 0.319 e. The molecule has 0 unspecified atom stereocenters. The van der Waals surface area contributed by atoms with Crippen molar-refractivity contribution in [2.45, 2.75) is 39.0 Å². The first-order valence-electron chi connectivity index (χ1n) is 16.5. The van der Waals surface area contributed by atoms with E-state index >= 15 is 4.39 Å². The third-order valence-electron chi connectivity index (χ3n) is 10.4. The highest BCUT2D eigenvalue weighted by Crippen LogP contribution is 2.49. The third kappa shape index (κ3) is 5.10. The second-order valence-corrected chi connectivity index (χ2v) is 13.7. The molecule has 5 fully saturated rings. The van der Waals surface area contributed by atoms with Crippen molar-refractivity contribution in [3.05, 3.63) is 47.2 Å². The first-order valence-corrected chi connectivity index (χ1v) is 16.5. The second kappa shape index (κ2) is 11.3. The van der Waals surface area contributed by atoms with Gasteiger partial charge in [0.15, 0.2) is 5.82 Å². The Morgan fingerprint density at radius 3 is 2.52 bits per heavy atom. The molecule has 5 heterocycles. The van der Waals surface area contributed by atoms with Crippen LogP contribution in [-0.2, 0) is 6.42 Å². The minimum Gasteiger partial charge on any atom is -0.508 e. The summed E-state index contributed by atoms with van der Waals surface area (Å²) in [7, 11) is 0. The molecular formula is C36H38F2N6O2. The van der Waals surface area contributed by atoms with Crippen LogP contribution in [-0.4, -0.2) is 77.4 Å². The fraction of sp³-hybridized carbons (Fsp3) is 0.472. The topological polar surface area (TPSA) is 86.6 Å². The predicted molar refractivity (Wildman–Crippen MR) is 174 cm³/mol. The zero-order chi connectivity index (χ0) is 31.6. The number of aryl methyl sites for hydroxylation is 1. The molecule has 8 nitrogen and oxygen atoms in total. The lowest BCUT2D eigenvalue weighted by molar-refractivity contribution is 0.0100. The van der Waals surface area contributed by atoms with Crippen molar-refractivity contribution >= 4 is 27.5 Å². The van der Waals surface area contributed by atoms with Gasteiger partial charge in [0.25, 0.3) is 0 Å². The molecule has 0 atom stereocenters. The summed E-state index contributed by atoms with van der Waals surface area (Å²) >= 11 is 0. The molecule has 4 aromatic rings. The maximum atomic E-state index is 17.0. The minimum atomic E-state index is -0.691. The number of hydrogen-bond donors (Lipinski definition) is 2. The van der Waals surface area contributed by atoms with Gasteiger partial charge in [0.2, 0.25) is 0 Å². The first kappa shape index (κ1) is 29.3. The number of piperazine rings is 1. The van der Waals surface area contributed by atoms with Gasteiger partial charge in [0.05, 0.1) is 23.3 Å². The van der Waals surface area contributed by atoms with Gasteiger partial charge < -0.3 is 25.0 Å². The van der Waals surface area contributed by atoms with E-state index in [1.807, 2.05) is 6.92 Å². The molecule has 0 amide bonds. The molecule has 10 heteroatoms. The van der Waals surface area contributed by atoms with E-state index in [1.54, 1.807) is 0 Å². The van der Waals surface area contributed by atoms with Crippen LogP contribution in [0, 0.1) is 41.2 Å². The summed E-state index contributed by atoms with van der Waals surface area (Å²) < 4.78 is 38.2. The number of aromatic nitrogens is 3. The maximum absolute atomic E-state index is 17.0. The fourth-order valence-corrected chi connectivity index (χ4v) is 7.89. The van der Waals surface area contributed by atoms with Crippen LogP contribution in [0.4, 0.5) is 14.6 Å². The van der Waals surface area contributed by atoms with Crippen LogP contribution in [0.25, 0.3) is 32.9 Å². The van der Waals surface area contributed by atoms with Gasteiger partial charge in [0.1, 0.15) is 28.6 Å². The number of anilines is 1. The van der Waals surface area contributed by atoms with Crippen molar-refractivity contribution in [1.82, 2.24) is 25.2 Å². The lowest BCUT2D eigenvalue weighted by Gasteiger charge is -2.48. The van der Waals surface area contributed by atoms with Crippen LogP contribution < -0.4 is 15.0 Å². The van der Waals surface area contributed by atoms with E-state index in [1.165, 1.54) is 50.2 Å². The summed E-state index contributed by atoms with van der Waals surface area (Å²) in [6.45, 7) is 8.72. The Hall–Kier alpha value is -4.07. The zero-order valence-corrected chi connectivity index (χ0v) is 26.1. The van der Waals surface area contributed by atoms with Crippen molar-refractivity contribution in [3.8, 4) is 35.4 Å². The lowest BCUT2D eigenvalue weighted by atomic mass is 9.71. The quantitative estimate of drug-likeness (QED) is 0.256. The number of phenolic OH excluding ortho intramolecular Hbond substituents is 1. The summed E-state index contributed by atoms with van der Waals surface area (Å²) in [6, 6.07) is 5.78. The number of terminal acetylenes is 1. The molecule has 2 bridgehead atoms. The van der Waals surface area contributed by atoms with Crippen molar-refractivity contribution in [2.75, 3.05) is 57.3 Å². The Kier molecular flexibility index (Phi) is 7.22. The molecule has 2 saturated carbocycles. The van der Waals surface area contributed by atoms with Gasteiger partial charge >= 0.3 is 6.01 Å². The Bertz CT molecular complexity index is 1880. The number of rotatable bonds is 8. The molecule has 238 valence electrons. The highest BCUT2D eigenvalue weighted by molar-refractivity contribution is 6.03. The van der Waals surface area contributed by atoms with Gasteiger partial charge in [-0.2, -0.15) is 9.97 Å². The molecule has 0 radical (unpaired) electrons. The fourth-order valence-electron chi connectivity index (χ4n) is 7.89. The number of nitrogens with one attached hydrogen (secondary N) is 1. The molecular weight excluding hydrogens is 586 g/mol. The normalized spacial score (nSPS) is 22.1. The largest absolute Gasteiger partial charge is 0.508 e. The van der Waals surface area contributed by atoms with E-state index < -0.39 is 11.6 Å². The molecule has 3 aliphatic heterocycles. The maximum Gasteiger partial charge on any atom is 0.319 e.